The van der Waals surface area contributed by atoms with E-state index in [2.05, 4.69) is 0 Å². The molecule has 1 rings (SSSR count). The highest BCUT2D eigenvalue weighted by atomic mass is 19.1. The first-order valence-corrected chi connectivity index (χ1v) is 6.24. The first-order chi connectivity index (χ1) is 8.86. The third-order valence-electron chi connectivity index (χ3n) is 2.21. The van der Waals surface area contributed by atoms with E-state index < -0.39 is 11.8 Å². The van der Waals surface area contributed by atoms with Crippen LogP contribution in [0.25, 0.3) is 0 Å². The average Bonchev–Trinajstić information content (AvgIpc) is 2.23. The molecular formula is C14H20FNO3. The van der Waals surface area contributed by atoms with Crippen molar-refractivity contribution in [3.05, 3.63) is 29.6 Å². The van der Waals surface area contributed by atoms with Crippen molar-refractivity contribution in [3.8, 4) is 5.75 Å². The van der Waals surface area contributed by atoms with Gasteiger partial charge in [-0.1, -0.05) is 0 Å². The molecule has 0 spiro atoms. The Labute approximate surface area is 112 Å². The molecule has 0 heterocycles. The maximum absolute atomic E-state index is 13.4. The number of hydrogen-bond acceptors (Lipinski definition) is 4. The Kier molecular flexibility index (Phi) is 5.76. The second-order valence-corrected chi connectivity index (χ2v) is 4.80. The van der Waals surface area contributed by atoms with Crippen LogP contribution in [0.3, 0.4) is 0 Å². The van der Waals surface area contributed by atoms with Gasteiger partial charge >= 0.3 is 5.97 Å². The molecule has 4 nitrogen and oxygen atoms in total. The van der Waals surface area contributed by atoms with Gasteiger partial charge in [0.1, 0.15) is 11.6 Å². The van der Waals surface area contributed by atoms with Crippen molar-refractivity contribution in [1.29, 1.82) is 0 Å². The molecule has 0 aromatic heterocycles. The third-order valence-corrected chi connectivity index (χ3v) is 2.21. The number of carbonyl (C=O) groups is 1. The average molecular weight is 269 g/mol. The smallest absolute Gasteiger partial charge is 0.344 e. The van der Waals surface area contributed by atoms with Gasteiger partial charge in [-0.15, -0.1) is 0 Å². The van der Waals surface area contributed by atoms with Crippen LogP contribution in [-0.2, 0) is 16.0 Å². The highest BCUT2D eigenvalue weighted by Crippen LogP contribution is 2.17. The quantitative estimate of drug-likeness (QED) is 0.803. The molecule has 0 amide bonds. The number of nitrogens with two attached hydrogens (primary N) is 1. The molecular weight excluding hydrogens is 249 g/mol. The lowest BCUT2D eigenvalue weighted by molar-refractivity contribution is -0.149. The van der Waals surface area contributed by atoms with E-state index in [0.717, 1.165) is 5.56 Å². The zero-order valence-corrected chi connectivity index (χ0v) is 11.5. The number of hydrogen-bond donors (Lipinski definition) is 1. The fourth-order valence-electron chi connectivity index (χ4n) is 1.63. The van der Waals surface area contributed by atoms with Gasteiger partial charge in [-0.25, -0.2) is 9.18 Å². The first-order valence-electron chi connectivity index (χ1n) is 6.24. The van der Waals surface area contributed by atoms with Gasteiger partial charge in [-0.05, 0) is 44.9 Å². The molecule has 1 aromatic rings. The Bertz CT molecular complexity index is 433. The van der Waals surface area contributed by atoms with Crippen LogP contribution in [0.4, 0.5) is 4.39 Å². The summed E-state index contributed by atoms with van der Waals surface area (Å²) in [5.74, 6) is -0.588. The molecule has 0 bridgehead atoms. The van der Waals surface area contributed by atoms with E-state index in [4.69, 9.17) is 15.2 Å². The van der Waals surface area contributed by atoms with E-state index in [-0.39, 0.29) is 18.8 Å². The SMILES string of the molecule is CC(N)Cc1cc(F)cc(OCC(=O)OC(C)C)c1. The Morgan fingerprint density at radius 1 is 1.32 bits per heavy atom. The summed E-state index contributed by atoms with van der Waals surface area (Å²) < 4.78 is 23.5. The zero-order valence-electron chi connectivity index (χ0n) is 11.5. The summed E-state index contributed by atoms with van der Waals surface area (Å²) in [6, 6.07) is 4.24. The number of carbonyl (C=O) groups excluding carboxylic acids is 1. The fraction of sp³-hybridized carbons (Fsp3) is 0.500. The van der Waals surface area contributed by atoms with Crippen molar-refractivity contribution >= 4 is 5.97 Å². The number of halogens is 1. The third kappa shape index (κ3) is 6.20. The van der Waals surface area contributed by atoms with Crippen LogP contribution in [0.2, 0.25) is 0 Å². The summed E-state index contributed by atoms with van der Waals surface area (Å²) in [5, 5.41) is 0. The Hall–Kier alpha value is -1.62. The minimum Gasteiger partial charge on any atom is -0.482 e. The van der Waals surface area contributed by atoms with E-state index in [0.29, 0.717) is 12.2 Å². The van der Waals surface area contributed by atoms with Gasteiger partial charge in [0.2, 0.25) is 0 Å². The lowest BCUT2D eigenvalue weighted by atomic mass is 10.1. The van der Waals surface area contributed by atoms with E-state index in [9.17, 15) is 9.18 Å². The Morgan fingerprint density at radius 2 is 2.00 bits per heavy atom. The van der Waals surface area contributed by atoms with Crippen molar-refractivity contribution in [2.24, 2.45) is 5.73 Å². The van der Waals surface area contributed by atoms with Gasteiger partial charge in [-0.2, -0.15) is 0 Å². The largest absolute Gasteiger partial charge is 0.482 e. The van der Waals surface area contributed by atoms with E-state index in [1.807, 2.05) is 6.92 Å². The predicted octanol–water partition coefficient (Wildman–Crippen LogP) is 2.05. The predicted molar refractivity (Wildman–Crippen MR) is 70.5 cm³/mol. The molecule has 5 heteroatoms. The molecule has 1 unspecified atom stereocenters. The van der Waals surface area contributed by atoms with Crippen LogP contribution in [0.1, 0.15) is 26.3 Å². The minimum absolute atomic E-state index is 0.0689. The van der Waals surface area contributed by atoms with Crippen LogP contribution in [0, 0.1) is 5.82 Å². The lowest BCUT2D eigenvalue weighted by Crippen LogP contribution is -2.19. The van der Waals surface area contributed by atoms with Gasteiger partial charge in [-0.3, -0.25) is 0 Å². The minimum atomic E-state index is -0.479. The summed E-state index contributed by atoms with van der Waals surface area (Å²) in [7, 11) is 0. The number of esters is 1. The van der Waals surface area contributed by atoms with Crippen LogP contribution >= 0.6 is 0 Å². The van der Waals surface area contributed by atoms with E-state index >= 15 is 0 Å². The van der Waals surface area contributed by atoms with Crippen molar-refractivity contribution in [2.45, 2.75) is 39.3 Å². The Morgan fingerprint density at radius 3 is 2.58 bits per heavy atom. The highest BCUT2D eigenvalue weighted by Gasteiger charge is 2.09. The molecule has 0 saturated carbocycles. The van der Waals surface area contributed by atoms with Gasteiger partial charge < -0.3 is 15.2 Å². The summed E-state index contributed by atoms with van der Waals surface area (Å²) in [4.78, 5) is 11.3. The molecule has 2 N–H and O–H groups in total. The topological polar surface area (TPSA) is 61.5 Å². The number of benzene rings is 1. The summed E-state index contributed by atoms with van der Waals surface area (Å²) in [5.41, 5.74) is 6.40. The molecule has 1 atom stereocenters. The van der Waals surface area contributed by atoms with Gasteiger partial charge in [0.25, 0.3) is 0 Å². The second-order valence-electron chi connectivity index (χ2n) is 4.80. The highest BCUT2D eigenvalue weighted by molar-refractivity contribution is 5.71. The van der Waals surface area contributed by atoms with Gasteiger partial charge in [0, 0.05) is 12.1 Å². The zero-order chi connectivity index (χ0) is 14.4. The fourth-order valence-corrected chi connectivity index (χ4v) is 1.63. The van der Waals surface area contributed by atoms with Crippen molar-refractivity contribution in [2.75, 3.05) is 6.61 Å². The summed E-state index contributed by atoms with van der Waals surface area (Å²) >= 11 is 0. The molecule has 0 saturated heterocycles. The van der Waals surface area contributed by atoms with Gasteiger partial charge in [0.05, 0.1) is 6.10 Å². The summed E-state index contributed by atoms with van der Waals surface area (Å²) in [6.45, 7) is 5.10. The van der Waals surface area contributed by atoms with Crippen molar-refractivity contribution < 1.29 is 18.7 Å². The monoisotopic (exact) mass is 269 g/mol. The molecule has 106 valence electrons. The molecule has 0 aliphatic carbocycles. The molecule has 0 aliphatic heterocycles. The maximum atomic E-state index is 13.4. The molecule has 1 aromatic carbocycles. The molecule has 0 radical (unpaired) electrons. The normalized spacial score (nSPS) is 12.3. The van der Waals surface area contributed by atoms with E-state index in [1.165, 1.54) is 12.1 Å². The standard InChI is InChI=1S/C14H20FNO3/c1-9(2)19-14(17)8-18-13-6-11(4-10(3)16)5-12(15)7-13/h5-7,9-10H,4,8,16H2,1-3H3. The van der Waals surface area contributed by atoms with Crippen molar-refractivity contribution in [3.63, 3.8) is 0 Å². The molecule has 0 aliphatic rings. The van der Waals surface area contributed by atoms with Crippen LogP contribution in [0.5, 0.6) is 5.75 Å². The number of ether oxygens (including phenoxy) is 2. The first kappa shape index (κ1) is 15.4. The lowest BCUT2D eigenvalue weighted by Gasteiger charge is -2.11. The number of rotatable bonds is 6. The van der Waals surface area contributed by atoms with E-state index in [1.54, 1.807) is 19.9 Å². The van der Waals surface area contributed by atoms with Crippen LogP contribution in [0.15, 0.2) is 18.2 Å². The Balaban J connectivity index is 2.63. The summed E-state index contributed by atoms with van der Waals surface area (Å²) in [6.07, 6.45) is 0.349. The maximum Gasteiger partial charge on any atom is 0.344 e. The van der Waals surface area contributed by atoms with Crippen LogP contribution in [-0.4, -0.2) is 24.7 Å². The van der Waals surface area contributed by atoms with Crippen molar-refractivity contribution in [1.82, 2.24) is 0 Å². The van der Waals surface area contributed by atoms with Crippen LogP contribution < -0.4 is 10.5 Å². The molecule has 0 fully saturated rings. The molecule has 19 heavy (non-hydrogen) atoms. The second kappa shape index (κ2) is 7.09. The van der Waals surface area contributed by atoms with Gasteiger partial charge in [0.15, 0.2) is 6.61 Å².